The molecule has 3 aromatic rings. The van der Waals surface area contributed by atoms with Crippen molar-refractivity contribution in [3.05, 3.63) is 65.5 Å². The predicted molar refractivity (Wildman–Crippen MR) is 96.8 cm³/mol. The Labute approximate surface area is 147 Å². The fourth-order valence-corrected chi connectivity index (χ4v) is 3.06. The van der Waals surface area contributed by atoms with E-state index in [1.54, 1.807) is 14.2 Å². The predicted octanol–water partition coefficient (Wildman–Crippen LogP) is 3.46. The van der Waals surface area contributed by atoms with E-state index in [4.69, 9.17) is 9.47 Å². The zero-order valence-corrected chi connectivity index (χ0v) is 14.7. The lowest BCUT2D eigenvalue weighted by Crippen LogP contribution is -2.17. The lowest BCUT2D eigenvalue weighted by molar-refractivity contribution is 0.316. The largest absolute Gasteiger partial charge is 0.493 e. The number of rotatable bonds is 6. The summed E-state index contributed by atoms with van der Waals surface area (Å²) in [7, 11) is 5.31. The van der Waals surface area contributed by atoms with Crippen LogP contribution in [0.15, 0.2) is 48.8 Å². The molecule has 1 aromatic carbocycles. The van der Waals surface area contributed by atoms with Gasteiger partial charge >= 0.3 is 0 Å². The molecule has 0 aliphatic rings. The second-order valence-corrected chi connectivity index (χ2v) is 6.00. The maximum absolute atomic E-state index is 9.52. The van der Waals surface area contributed by atoms with Crippen molar-refractivity contribution in [2.45, 2.75) is 13.1 Å². The first kappa shape index (κ1) is 16.9. The van der Waals surface area contributed by atoms with Gasteiger partial charge in [-0.2, -0.15) is 5.26 Å². The Balaban J connectivity index is 1.79. The van der Waals surface area contributed by atoms with Gasteiger partial charge in [-0.05, 0) is 36.9 Å². The highest BCUT2D eigenvalue weighted by Gasteiger charge is 2.13. The molecule has 3 rings (SSSR count). The van der Waals surface area contributed by atoms with Crippen LogP contribution in [0, 0.1) is 11.3 Å². The Morgan fingerprint density at radius 3 is 2.60 bits per heavy atom. The summed E-state index contributed by atoms with van der Waals surface area (Å²) in [5, 5.41) is 9.52. The van der Waals surface area contributed by atoms with Crippen molar-refractivity contribution in [1.29, 1.82) is 5.26 Å². The molecule has 0 saturated heterocycles. The van der Waals surface area contributed by atoms with Crippen LogP contribution in [-0.4, -0.2) is 30.6 Å². The van der Waals surface area contributed by atoms with Crippen molar-refractivity contribution < 1.29 is 9.47 Å². The van der Waals surface area contributed by atoms with E-state index in [9.17, 15) is 5.26 Å². The molecule has 0 aliphatic heterocycles. The molecule has 0 aliphatic carbocycles. The number of nitriles is 1. The van der Waals surface area contributed by atoms with Gasteiger partial charge in [0.25, 0.3) is 0 Å². The lowest BCUT2D eigenvalue weighted by atomic mass is 10.1. The van der Waals surface area contributed by atoms with Crippen molar-refractivity contribution in [2.24, 2.45) is 0 Å². The van der Waals surface area contributed by atoms with Gasteiger partial charge in [-0.1, -0.05) is 12.1 Å². The van der Waals surface area contributed by atoms with E-state index in [1.807, 2.05) is 60.2 Å². The Hall–Kier alpha value is -2.97. The summed E-state index contributed by atoms with van der Waals surface area (Å²) in [5.41, 5.74) is 3.83. The van der Waals surface area contributed by atoms with E-state index in [0.29, 0.717) is 6.54 Å². The summed E-state index contributed by atoms with van der Waals surface area (Å²) in [6, 6.07) is 14.1. The molecular weight excluding hydrogens is 314 g/mol. The van der Waals surface area contributed by atoms with Gasteiger partial charge in [0, 0.05) is 31.0 Å². The molecule has 0 saturated carbocycles. The molecule has 128 valence electrons. The molecule has 0 unspecified atom stereocenters. The van der Waals surface area contributed by atoms with Crippen LogP contribution in [0.3, 0.4) is 0 Å². The van der Waals surface area contributed by atoms with Crippen LogP contribution < -0.4 is 9.47 Å². The van der Waals surface area contributed by atoms with Crippen LogP contribution in [0.4, 0.5) is 0 Å². The van der Waals surface area contributed by atoms with E-state index in [1.165, 1.54) is 0 Å². The second kappa shape index (κ2) is 7.29. The number of hydrogen-bond donors (Lipinski definition) is 0. The molecular formula is C20H21N3O2. The van der Waals surface area contributed by atoms with Gasteiger partial charge in [0.15, 0.2) is 11.5 Å². The van der Waals surface area contributed by atoms with Crippen molar-refractivity contribution in [2.75, 3.05) is 21.3 Å². The molecule has 2 aromatic heterocycles. The highest BCUT2D eigenvalue weighted by atomic mass is 16.5. The highest BCUT2D eigenvalue weighted by molar-refractivity contribution is 5.65. The normalized spacial score (nSPS) is 10.8. The monoisotopic (exact) mass is 335 g/mol. The van der Waals surface area contributed by atoms with Crippen LogP contribution in [0.1, 0.15) is 16.7 Å². The van der Waals surface area contributed by atoms with Crippen molar-refractivity contribution in [1.82, 2.24) is 9.30 Å². The standard InChI is InChI=1S/C20H21N3O2/c1-22(12-15-7-8-19(24-2)20(10-15)25-3)13-16-14-23-9-5-4-6-18(23)17(16)11-21/h4-10,14H,12-13H2,1-3H3. The second-order valence-electron chi connectivity index (χ2n) is 6.00. The minimum Gasteiger partial charge on any atom is -0.493 e. The molecule has 5 nitrogen and oxygen atoms in total. The molecule has 0 spiro atoms. The summed E-state index contributed by atoms with van der Waals surface area (Å²) in [5.74, 6) is 1.44. The number of nitrogens with zero attached hydrogens (tertiary/aromatic N) is 3. The molecule has 0 N–H and O–H groups in total. The fraction of sp³-hybridized carbons (Fsp3) is 0.250. The zero-order valence-electron chi connectivity index (χ0n) is 14.7. The van der Waals surface area contributed by atoms with Crippen LogP contribution in [0.25, 0.3) is 5.52 Å². The SMILES string of the molecule is COc1ccc(CN(C)Cc2cn3ccccc3c2C#N)cc1OC. The molecule has 0 amide bonds. The number of aromatic nitrogens is 1. The van der Waals surface area contributed by atoms with Crippen molar-refractivity contribution in [3.8, 4) is 17.6 Å². The van der Waals surface area contributed by atoms with Crippen LogP contribution in [0.2, 0.25) is 0 Å². The third kappa shape index (κ3) is 3.44. The molecule has 0 fully saturated rings. The molecule has 0 radical (unpaired) electrons. The van der Waals surface area contributed by atoms with E-state index < -0.39 is 0 Å². The minimum atomic E-state index is 0.693. The Kier molecular flexibility index (Phi) is 4.92. The van der Waals surface area contributed by atoms with Crippen molar-refractivity contribution in [3.63, 3.8) is 0 Å². The lowest BCUT2D eigenvalue weighted by Gasteiger charge is -2.17. The molecule has 2 heterocycles. The average molecular weight is 335 g/mol. The molecule has 0 bridgehead atoms. The van der Waals surface area contributed by atoms with Gasteiger partial charge in [-0.3, -0.25) is 4.90 Å². The highest BCUT2D eigenvalue weighted by Crippen LogP contribution is 2.28. The van der Waals surface area contributed by atoms with Crippen molar-refractivity contribution >= 4 is 5.52 Å². The quantitative estimate of drug-likeness (QED) is 0.692. The van der Waals surface area contributed by atoms with Gasteiger partial charge in [0.2, 0.25) is 0 Å². The molecule has 5 heteroatoms. The first-order valence-corrected chi connectivity index (χ1v) is 8.04. The molecule has 25 heavy (non-hydrogen) atoms. The topological polar surface area (TPSA) is 49.9 Å². The van der Waals surface area contributed by atoms with Gasteiger partial charge in [-0.25, -0.2) is 0 Å². The van der Waals surface area contributed by atoms with Gasteiger partial charge in [-0.15, -0.1) is 0 Å². The fourth-order valence-electron chi connectivity index (χ4n) is 3.06. The van der Waals surface area contributed by atoms with E-state index >= 15 is 0 Å². The van der Waals surface area contributed by atoms with Crippen LogP contribution in [0.5, 0.6) is 11.5 Å². The maximum atomic E-state index is 9.52. The summed E-state index contributed by atoms with van der Waals surface area (Å²) < 4.78 is 12.6. The third-order valence-electron chi connectivity index (χ3n) is 4.21. The first-order chi connectivity index (χ1) is 12.2. The van der Waals surface area contributed by atoms with E-state index in [-0.39, 0.29) is 0 Å². The summed E-state index contributed by atoms with van der Waals surface area (Å²) in [6.45, 7) is 1.44. The third-order valence-corrected chi connectivity index (χ3v) is 4.21. The van der Waals surface area contributed by atoms with E-state index in [2.05, 4.69) is 11.0 Å². The number of hydrogen-bond acceptors (Lipinski definition) is 4. The Morgan fingerprint density at radius 2 is 1.88 bits per heavy atom. The number of ether oxygens (including phenoxy) is 2. The van der Waals surface area contributed by atoms with Gasteiger partial charge in [0.05, 0.1) is 25.3 Å². The molecule has 0 atom stereocenters. The summed E-state index contributed by atoms with van der Waals surface area (Å²) >= 11 is 0. The summed E-state index contributed by atoms with van der Waals surface area (Å²) in [4.78, 5) is 2.18. The maximum Gasteiger partial charge on any atom is 0.161 e. The number of fused-ring (bicyclic) bond motifs is 1. The van der Waals surface area contributed by atoms with Crippen LogP contribution >= 0.6 is 0 Å². The minimum absolute atomic E-state index is 0.693. The zero-order chi connectivity index (χ0) is 17.8. The van der Waals surface area contributed by atoms with E-state index in [0.717, 1.165) is 40.3 Å². The average Bonchev–Trinajstić information content (AvgIpc) is 2.98. The number of methoxy groups -OCH3 is 2. The Bertz CT molecular complexity index is 924. The Morgan fingerprint density at radius 1 is 1.08 bits per heavy atom. The van der Waals surface area contributed by atoms with Gasteiger partial charge in [0.1, 0.15) is 6.07 Å². The van der Waals surface area contributed by atoms with Crippen LogP contribution in [-0.2, 0) is 13.1 Å². The summed E-state index contributed by atoms with van der Waals surface area (Å²) in [6.07, 6.45) is 3.99. The number of benzene rings is 1. The first-order valence-electron chi connectivity index (χ1n) is 8.04. The smallest absolute Gasteiger partial charge is 0.161 e. The van der Waals surface area contributed by atoms with Gasteiger partial charge < -0.3 is 13.9 Å². The number of pyridine rings is 1.